The summed E-state index contributed by atoms with van der Waals surface area (Å²) >= 11 is 0. The first-order valence-electron chi connectivity index (χ1n) is 8.09. The minimum Gasteiger partial charge on any atom is -0.465 e. The molecule has 120 valence electrons. The van der Waals surface area contributed by atoms with E-state index in [1.165, 1.54) is 0 Å². The second-order valence-electron chi connectivity index (χ2n) is 6.35. The molecule has 3 rings (SSSR count). The lowest BCUT2D eigenvalue weighted by atomic mass is 9.86. The van der Waals surface area contributed by atoms with Gasteiger partial charge in [-0.05, 0) is 51.8 Å². The number of piperidine rings is 1. The summed E-state index contributed by atoms with van der Waals surface area (Å²) in [7, 11) is 2.05. The van der Waals surface area contributed by atoms with Crippen LogP contribution in [0.25, 0.3) is 0 Å². The van der Waals surface area contributed by atoms with E-state index in [0.717, 1.165) is 37.1 Å². The van der Waals surface area contributed by atoms with Gasteiger partial charge < -0.3 is 15.8 Å². The van der Waals surface area contributed by atoms with Gasteiger partial charge in [-0.2, -0.15) is 0 Å². The number of carbonyl (C=O) groups excluding carboxylic acids is 1. The van der Waals surface area contributed by atoms with Gasteiger partial charge in [-0.25, -0.2) is 0 Å². The lowest BCUT2D eigenvalue weighted by molar-refractivity contribution is -0.158. The predicted octanol–water partition coefficient (Wildman–Crippen LogP) is 2.24. The van der Waals surface area contributed by atoms with Crippen molar-refractivity contribution in [1.29, 1.82) is 0 Å². The highest BCUT2D eigenvalue weighted by Gasteiger charge is 2.55. The molecule has 0 aliphatic carbocycles. The number of likely N-dealkylation sites (N-methyl/N-ethyl adjacent to an activating group) is 1. The first-order valence-corrected chi connectivity index (χ1v) is 8.09. The van der Waals surface area contributed by atoms with Crippen LogP contribution in [0.5, 0.6) is 0 Å². The Balaban J connectivity index is 1.75. The van der Waals surface area contributed by atoms with E-state index in [-0.39, 0.29) is 5.97 Å². The first-order chi connectivity index (χ1) is 10.6. The Kier molecular flexibility index (Phi) is 4.00. The van der Waals surface area contributed by atoms with Crippen molar-refractivity contribution in [3.05, 3.63) is 24.3 Å². The molecule has 1 aromatic rings. The van der Waals surface area contributed by atoms with E-state index in [0.29, 0.717) is 18.7 Å². The molecule has 2 saturated heterocycles. The standard InChI is InChI=1S/C17H25N3O2/c1-3-22-16(21)17-10-8-14(15(9-11-17)20(17)2)19-13-7-5-4-6-12(13)18/h4-7,14-15,19H,3,8-11,18H2,1-2H3/t14-,15?,17?/m0/s1. The number of nitrogens with two attached hydrogens (primary N) is 1. The lowest BCUT2D eigenvalue weighted by Gasteiger charge is -2.44. The van der Waals surface area contributed by atoms with Gasteiger partial charge in [-0.15, -0.1) is 0 Å². The third kappa shape index (κ3) is 2.33. The number of hydrogen-bond donors (Lipinski definition) is 2. The van der Waals surface area contributed by atoms with Crippen molar-refractivity contribution in [2.45, 2.75) is 50.2 Å². The molecular formula is C17H25N3O2. The summed E-state index contributed by atoms with van der Waals surface area (Å²) in [5.74, 6) is -0.0577. The van der Waals surface area contributed by atoms with E-state index < -0.39 is 5.54 Å². The maximum absolute atomic E-state index is 12.4. The van der Waals surface area contributed by atoms with Gasteiger partial charge in [-0.1, -0.05) is 12.1 Å². The predicted molar refractivity (Wildman–Crippen MR) is 87.6 cm³/mol. The Morgan fingerprint density at radius 2 is 2.14 bits per heavy atom. The van der Waals surface area contributed by atoms with Crippen molar-refractivity contribution in [2.75, 3.05) is 24.7 Å². The monoisotopic (exact) mass is 303 g/mol. The summed E-state index contributed by atoms with van der Waals surface area (Å²) in [6.45, 7) is 2.31. The quantitative estimate of drug-likeness (QED) is 0.659. The number of para-hydroxylation sites is 2. The van der Waals surface area contributed by atoms with E-state index in [9.17, 15) is 4.79 Å². The van der Waals surface area contributed by atoms with Crippen molar-refractivity contribution >= 4 is 17.3 Å². The van der Waals surface area contributed by atoms with E-state index in [1.54, 1.807) is 0 Å². The smallest absolute Gasteiger partial charge is 0.326 e. The topological polar surface area (TPSA) is 67.6 Å². The molecule has 2 aliphatic heterocycles. The Morgan fingerprint density at radius 3 is 2.86 bits per heavy atom. The summed E-state index contributed by atoms with van der Waals surface area (Å²) in [5, 5.41) is 3.58. The van der Waals surface area contributed by atoms with E-state index in [1.807, 2.05) is 31.2 Å². The molecule has 3 N–H and O–H groups in total. The number of hydrogen-bond acceptors (Lipinski definition) is 5. The van der Waals surface area contributed by atoms with Gasteiger partial charge in [0.2, 0.25) is 0 Å². The highest BCUT2D eigenvalue weighted by atomic mass is 16.5. The molecule has 1 aromatic carbocycles. The molecule has 0 radical (unpaired) electrons. The molecule has 22 heavy (non-hydrogen) atoms. The van der Waals surface area contributed by atoms with Gasteiger partial charge in [0.05, 0.1) is 18.0 Å². The van der Waals surface area contributed by atoms with Crippen molar-refractivity contribution in [1.82, 2.24) is 4.90 Å². The second kappa shape index (κ2) is 5.80. The maximum atomic E-state index is 12.4. The molecule has 0 spiro atoms. The van der Waals surface area contributed by atoms with Crippen LogP contribution in [0.2, 0.25) is 0 Å². The van der Waals surface area contributed by atoms with Crippen molar-refractivity contribution in [3.8, 4) is 0 Å². The molecule has 2 heterocycles. The van der Waals surface area contributed by atoms with E-state index >= 15 is 0 Å². The summed E-state index contributed by atoms with van der Waals surface area (Å²) < 4.78 is 5.32. The number of nitrogen functional groups attached to an aromatic ring is 1. The number of ether oxygens (including phenoxy) is 1. The fourth-order valence-electron chi connectivity index (χ4n) is 4.04. The van der Waals surface area contributed by atoms with Gasteiger partial charge in [0.1, 0.15) is 5.54 Å². The summed E-state index contributed by atoms with van der Waals surface area (Å²) in [6.07, 6.45) is 3.70. The Morgan fingerprint density at radius 1 is 1.41 bits per heavy atom. The van der Waals surface area contributed by atoms with Crippen LogP contribution in [0.4, 0.5) is 11.4 Å². The number of benzene rings is 1. The number of esters is 1. The van der Waals surface area contributed by atoms with Crippen LogP contribution in [0.1, 0.15) is 32.6 Å². The summed E-state index contributed by atoms with van der Waals surface area (Å²) in [4.78, 5) is 14.6. The fourth-order valence-corrected chi connectivity index (χ4v) is 4.04. The van der Waals surface area contributed by atoms with Crippen LogP contribution in [0.15, 0.2) is 24.3 Å². The van der Waals surface area contributed by atoms with Gasteiger partial charge in [-0.3, -0.25) is 9.69 Å². The summed E-state index contributed by atoms with van der Waals surface area (Å²) in [6, 6.07) is 8.51. The molecule has 5 heteroatoms. The molecule has 2 fully saturated rings. The zero-order valence-corrected chi connectivity index (χ0v) is 13.3. The molecule has 0 amide bonds. The molecule has 2 aliphatic rings. The third-order valence-corrected chi connectivity index (χ3v) is 5.32. The van der Waals surface area contributed by atoms with Gasteiger partial charge >= 0.3 is 5.97 Å². The van der Waals surface area contributed by atoms with E-state index in [2.05, 4.69) is 17.3 Å². The zero-order valence-electron chi connectivity index (χ0n) is 13.3. The van der Waals surface area contributed by atoms with Crippen LogP contribution >= 0.6 is 0 Å². The minimum absolute atomic E-state index is 0.0577. The number of rotatable bonds is 4. The third-order valence-electron chi connectivity index (χ3n) is 5.32. The van der Waals surface area contributed by atoms with Crippen LogP contribution in [-0.2, 0) is 9.53 Å². The number of nitrogens with one attached hydrogen (secondary N) is 1. The Hall–Kier alpha value is -1.75. The molecule has 2 bridgehead atoms. The highest BCUT2D eigenvalue weighted by Crippen LogP contribution is 2.44. The Bertz CT molecular complexity index is 563. The highest BCUT2D eigenvalue weighted by molar-refractivity contribution is 5.82. The van der Waals surface area contributed by atoms with Crippen LogP contribution < -0.4 is 11.1 Å². The number of nitrogens with zero attached hydrogens (tertiary/aromatic N) is 1. The molecule has 0 saturated carbocycles. The average Bonchev–Trinajstić information content (AvgIpc) is 2.72. The SMILES string of the molecule is CCOC(=O)C12CCC([C@@H](Nc3ccccc3N)CC1)N2C. The van der Waals surface area contributed by atoms with Crippen LogP contribution in [0.3, 0.4) is 0 Å². The number of anilines is 2. The average molecular weight is 303 g/mol. The molecule has 2 unspecified atom stereocenters. The van der Waals surface area contributed by atoms with Crippen LogP contribution in [0, 0.1) is 0 Å². The molecular weight excluding hydrogens is 278 g/mol. The van der Waals surface area contributed by atoms with Gasteiger partial charge in [0.25, 0.3) is 0 Å². The molecule has 3 atom stereocenters. The van der Waals surface area contributed by atoms with Crippen molar-refractivity contribution in [2.24, 2.45) is 0 Å². The molecule has 5 nitrogen and oxygen atoms in total. The van der Waals surface area contributed by atoms with Gasteiger partial charge in [0, 0.05) is 12.1 Å². The largest absolute Gasteiger partial charge is 0.465 e. The minimum atomic E-state index is -0.416. The Labute approximate surface area is 131 Å². The zero-order chi connectivity index (χ0) is 15.7. The summed E-state index contributed by atoms with van der Waals surface area (Å²) in [5.41, 5.74) is 7.37. The van der Waals surface area contributed by atoms with Crippen LogP contribution in [-0.4, -0.2) is 42.1 Å². The normalized spacial score (nSPS) is 31.0. The van der Waals surface area contributed by atoms with Crippen molar-refractivity contribution in [3.63, 3.8) is 0 Å². The van der Waals surface area contributed by atoms with E-state index in [4.69, 9.17) is 10.5 Å². The van der Waals surface area contributed by atoms with Crippen molar-refractivity contribution < 1.29 is 9.53 Å². The fraction of sp³-hybridized carbons (Fsp3) is 0.588. The molecule has 0 aromatic heterocycles. The lowest BCUT2D eigenvalue weighted by Crippen LogP contribution is -2.59. The number of fused-ring (bicyclic) bond motifs is 2. The first kappa shape index (κ1) is 15.2. The second-order valence-corrected chi connectivity index (χ2v) is 6.35. The van der Waals surface area contributed by atoms with Gasteiger partial charge in [0.15, 0.2) is 0 Å². The number of carbonyl (C=O) groups is 1. The maximum Gasteiger partial charge on any atom is 0.326 e.